The number of rotatable bonds is 0. The van der Waals surface area contributed by atoms with E-state index in [1.165, 1.54) is 6.42 Å². The Bertz CT molecular complexity index is 219. The summed E-state index contributed by atoms with van der Waals surface area (Å²) in [5, 5.41) is 17.6. The molecule has 0 saturated heterocycles. The van der Waals surface area contributed by atoms with Crippen molar-refractivity contribution in [1.82, 2.24) is 0 Å². The first-order valence-corrected chi connectivity index (χ1v) is 5.04. The second kappa shape index (κ2) is 19.6. The third-order valence-corrected chi connectivity index (χ3v) is 0.667. The molecule has 0 aromatic heterocycles. The van der Waals surface area contributed by atoms with E-state index in [2.05, 4.69) is 13.8 Å². The van der Waals surface area contributed by atoms with Gasteiger partial charge in [-0.25, -0.2) is 0 Å². The lowest BCUT2D eigenvalue weighted by atomic mass is 10.4. The Kier molecular flexibility index (Phi) is 23.5. The molecular formula is C11H20N2O4. The third-order valence-electron chi connectivity index (χ3n) is 0.667. The molecule has 0 spiro atoms. The van der Waals surface area contributed by atoms with Gasteiger partial charge in [0.2, 0.25) is 0 Å². The minimum absolute atomic E-state index is 0.500. The third kappa shape index (κ3) is 125. The van der Waals surface area contributed by atoms with Gasteiger partial charge in [-0.1, -0.05) is 56.7 Å². The minimum atomic E-state index is -0.500. The first-order chi connectivity index (χ1) is 7.88. The molecule has 0 amide bonds. The van der Waals surface area contributed by atoms with Crippen LogP contribution in [0.4, 0.5) is 0 Å². The molecule has 0 radical (unpaired) electrons. The molecule has 0 heterocycles. The standard InChI is InChI=1S/C6H6.C3H8.2CH3NO2/c1-2-4-6-5-3-1;1-3-2;2*1-2(3)4/h1-6H;3H2,1-2H3;2*1H3. The Morgan fingerprint density at radius 3 is 0.882 bits per heavy atom. The van der Waals surface area contributed by atoms with Crippen LogP contribution in [-0.2, 0) is 0 Å². The maximum Gasteiger partial charge on any atom is 0.194 e. The van der Waals surface area contributed by atoms with Gasteiger partial charge in [-0.15, -0.1) is 0 Å². The van der Waals surface area contributed by atoms with Crippen molar-refractivity contribution in [2.75, 3.05) is 14.1 Å². The van der Waals surface area contributed by atoms with Crippen molar-refractivity contribution in [3.8, 4) is 0 Å². The molecular weight excluding hydrogens is 224 g/mol. The van der Waals surface area contributed by atoms with Crippen molar-refractivity contribution >= 4 is 0 Å². The summed E-state index contributed by atoms with van der Waals surface area (Å²) >= 11 is 0. The average molecular weight is 244 g/mol. The topological polar surface area (TPSA) is 86.3 Å². The highest BCUT2D eigenvalue weighted by Gasteiger charge is 1.58. The smallest absolute Gasteiger partial charge is 0.194 e. The quantitative estimate of drug-likeness (QED) is 0.518. The van der Waals surface area contributed by atoms with Crippen molar-refractivity contribution < 1.29 is 9.85 Å². The molecule has 0 atom stereocenters. The van der Waals surface area contributed by atoms with Crippen molar-refractivity contribution in [1.29, 1.82) is 0 Å². The molecule has 0 fully saturated rings. The van der Waals surface area contributed by atoms with E-state index in [0.29, 0.717) is 0 Å². The van der Waals surface area contributed by atoms with Gasteiger partial charge in [0.05, 0.1) is 0 Å². The number of nitrogens with zero attached hydrogens (tertiary/aromatic N) is 2. The molecule has 0 aliphatic rings. The predicted molar refractivity (Wildman–Crippen MR) is 68.2 cm³/mol. The van der Waals surface area contributed by atoms with Gasteiger partial charge >= 0.3 is 0 Å². The highest BCUT2D eigenvalue weighted by Crippen LogP contribution is 1.79. The van der Waals surface area contributed by atoms with Crippen LogP contribution in [0.5, 0.6) is 0 Å². The number of hydrogen-bond acceptors (Lipinski definition) is 4. The van der Waals surface area contributed by atoms with Crippen LogP contribution < -0.4 is 0 Å². The maximum absolute atomic E-state index is 8.81. The van der Waals surface area contributed by atoms with Gasteiger partial charge in [-0.05, 0) is 0 Å². The summed E-state index contributed by atoms with van der Waals surface area (Å²) in [5.74, 6) is 0. The largest absolute Gasteiger partial charge is 0.265 e. The lowest BCUT2D eigenvalue weighted by molar-refractivity contribution is -0.445. The molecule has 6 heteroatoms. The van der Waals surface area contributed by atoms with Gasteiger partial charge in [0, 0.05) is 9.85 Å². The second-order valence-corrected chi connectivity index (χ2v) is 2.74. The summed E-state index contributed by atoms with van der Waals surface area (Å²) in [5.41, 5.74) is 0. The van der Waals surface area contributed by atoms with E-state index in [1.54, 1.807) is 0 Å². The Balaban J connectivity index is -0.000000161. The van der Waals surface area contributed by atoms with Crippen LogP contribution in [0.3, 0.4) is 0 Å². The zero-order valence-electron chi connectivity index (χ0n) is 10.7. The first kappa shape index (κ1) is 20.4. The van der Waals surface area contributed by atoms with Gasteiger partial charge in [0.25, 0.3) is 0 Å². The summed E-state index contributed by atoms with van der Waals surface area (Å²) in [4.78, 5) is 16.6. The Morgan fingerprint density at radius 1 is 0.765 bits per heavy atom. The molecule has 0 bridgehead atoms. The van der Waals surface area contributed by atoms with Crippen LogP contribution in [0.25, 0.3) is 0 Å². The van der Waals surface area contributed by atoms with E-state index in [-0.39, 0.29) is 0 Å². The highest BCUT2D eigenvalue weighted by molar-refractivity contribution is 4.99. The van der Waals surface area contributed by atoms with Crippen LogP contribution in [0.15, 0.2) is 36.4 Å². The van der Waals surface area contributed by atoms with E-state index in [1.807, 2.05) is 36.4 Å². The van der Waals surface area contributed by atoms with E-state index in [0.717, 1.165) is 14.1 Å². The molecule has 0 saturated carbocycles. The minimum Gasteiger partial charge on any atom is -0.265 e. The van der Waals surface area contributed by atoms with Crippen LogP contribution >= 0.6 is 0 Å². The van der Waals surface area contributed by atoms with E-state index in [4.69, 9.17) is 20.2 Å². The van der Waals surface area contributed by atoms with Crippen molar-refractivity contribution in [2.24, 2.45) is 0 Å². The molecule has 0 aliphatic carbocycles. The van der Waals surface area contributed by atoms with Gasteiger partial charge in [-0.2, -0.15) is 0 Å². The summed E-state index contributed by atoms with van der Waals surface area (Å²) < 4.78 is 0. The van der Waals surface area contributed by atoms with Crippen LogP contribution in [0.2, 0.25) is 0 Å². The molecule has 1 aromatic rings. The zero-order chi connectivity index (χ0) is 14.1. The Morgan fingerprint density at radius 2 is 0.824 bits per heavy atom. The molecule has 98 valence electrons. The zero-order valence-corrected chi connectivity index (χ0v) is 10.7. The number of nitro groups is 2. The summed E-state index contributed by atoms with van der Waals surface area (Å²) in [6.45, 7) is 4.25. The summed E-state index contributed by atoms with van der Waals surface area (Å²) in [7, 11) is 1.78. The van der Waals surface area contributed by atoms with Crippen molar-refractivity contribution in [3.63, 3.8) is 0 Å². The molecule has 1 aromatic carbocycles. The molecule has 0 N–H and O–H groups in total. The summed E-state index contributed by atoms with van der Waals surface area (Å²) in [6.07, 6.45) is 1.25. The highest BCUT2D eigenvalue weighted by atomic mass is 16.6. The molecule has 1 rings (SSSR count). The molecule has 0 unspecified atom stereocenters. The number of hydrogen-bond donors (Lipinski definition) is 0. The SMILES string of the molecule is CCC.C[N+](=O)[O-].C[N+](=O)[O-].c1ccccc1. The van der Waals surface area contributed by atoms with Gasteiger partial charge in [0.1, 0.15) is 0 Å². The fourth-order valence-electron chi connectivity index (χ4n) is 0.385. The Hall–Kier alpha value is -1.98. The fourth-order valence-corrected chi connectivity index (χ4v) is 0.385. The van der Waals surface area contributed by atoms with Crippen molar-refractivity contribution in [3.05, 3.63) is 56.6 Å². The van der Waals surface area contributed by atoms with E-state index < -0.39 is 9.85 Å². The fraction of sp³-hybridized carbons (Fsp3) is 0.455. The molecule has 6 nitrogen and oxygen atoms in total. The average Bonchev–Trinajstić information content (AvgIpc) is 2.19. The Labute approximate surface area is 102 Å². The lowest BCUT2D eigenvalue weighted by Gasteiger charge is -1.69. The number of benzene rings is 1. The van der Waals surface area contributed by atoms with Crippen molar-refractivity contribution in [2.45, 2.75) is 20.3 Å². The normalized spacial score (nSPS) is 6.82. The monoisotopic (exact) mass is 244 g/mol. The van der Waals surface area contributed by atoms with E-state index in [9.17, 15) is 0 Å². The lowest BCUT2D eigenvalue weighted by Crippen LogP contribution is -1.79. The molecule has 0 aliphatic heterocycles. The maximum atomic E-state index is 8.81. The van der Waals surface area contributed by atoms with E-state index >= 15 is 0 Å². The van der Waals surface area contributed by atoms with Gasteiger partial charge in [0.15, 0.2) is 14.1 Å². The van der Waals surface area contributed by atoms with Gasteiger partial charge < -0.3 is 0 Å². The van der Waals surface area contributed by atoms with Crippen LogP contribution in [-0.4, -0.2) is 23.9 Å². The summed E-state index contributed by atoms with van der Waals surface area (Å²) in [6, 6.07) is 12.0. The van der Waals surface area contributed by atoms with Gasteiger partial charge in [-0.3, -0.25) is 20.2 Å². The van der Waals surface area contributed by atoms with Crippen LogP contribution in [0, 0.1) is 20.2 Å². The van der Waals surface area contributed by atoms with Crippen LogP contribution in [0.1, 0.15) is 20.3 Å². The molecule has 17 heavy (non-hydrogen) atoms. The second-order valence-electron chi connectivity index (χ2n) is 2.74. The predicted octanol–water partition coefficient (Wildman–Crippen LogP) is 2.89. The first-order valence-electron chi connectivity index (χ1n) is 5.04.